The summed E-state index contributed by atoms with van der Waals surface area (Å²) >= 11 is 0. The fraction of sp³-hybridized carbons (Fsp3) is 0.880. The Bertz CT molecular complexity index is 943. The number of carbonyl (C=O) groups excluding carboxylic acids is 3. The van der Waals surface area contributed by atoms with E-state index in [-0.39, 0.29) is 37.7 Å². The quantitative estimate of drug-likeness (QED) is 0.370. The third-order valence-corrected chi connectivity index (χ3v) is 12.6. The molecule has 2 aliphatic heterocycles. The number of likely N-dealkylation sites (tertiary alicyclic amines) is 1. The van der Waals surface area contributed by atoms with Gasteiger partial charge in [-0.3, -0.25) is 14.5 Å². The maximum Gasteiger partial charge on any atom is 0.471 e. The van der Waals surface area contributed by atoms with Crippen molar-refractivity contribution in [2.75, 3.05) is 26.2 Å². The monoisotopic (exact) mass is 567 g/mol. The molecule has 3 rings (SSSR count). The van der Waals surface area contributed by atoms with Gasteiger partial charge < -0.3 is 19.0 Å². The fourth-order valence-corrected chi connectivity index (χ4v) is 5.75. The summed E-state index contributed by atoms with van der Waals surface area (Å²) in [7, 11) is -2.37. The summed E-state index contributed by atoms with van der Waals surface area (Å²) in [5, 5.41) is -0.198. The number of alkyl halides is 4. The second kappa shape index (κ2) is 9.94. The van der Waals surface area contributed by atoms with Crippen molar-refractivity contribution in [1.29, 1.82) is 0 Å². The Kier molecular flexibility index (Phi) is 8.01. The first-order valence-electron chi connectivity index (χ1n) is 13.0. The minimum Gasteiger partial charge on any atom is -0.444 e. The van der Waals surface area contributed by atoms with Crippen LogP contribution < -0.4 is 0 Å². The van der Waals surface area contributed by atoms with E-state index in [2.05, 4.69) is 0 Å². The second-order valence-electron chi connectivity index (χ2n) is 13.3. The van der Waals surface area contributed by atoms with Gasteiger partial charge in [0.25, 0.3) is 0 Å². The van der Waals surface area contributed by atoms with Crippen LogP contribution in [-0.2, 0) is 18.8 Å². The first-order valence-corrected chi connectivity index (χ1v) is 16.0. The van der Waals surface area contributed by atoms with Crippen LogP contribution in [0.4, 0.5) is 22.4 Å². The van der Waals surface area contributed by atoms with Gasteiger partial charge in [-0.15, -0.1) is 0 Å². The average Bonchev–Trinajstić information content (AvgIpc) is 3.39. The number of ether oxygens (including phenoxy) is 1. The van der Waals surface area contributed by atoms with Crippen molar-refractivity contribution in [3.05, 3.63) is 0 Å². The molecule has 218 valence electrons. The smallest absolute Gasteiger partial charge is 0.444 e. The fourth-order valence-electron chi connectivity index (χ4n) is 4.71. The molecule has 3 amide bonds. The molecule has 38 heavy (non-hydrogen) atoms. The zero-order valence-electron chi connectivity index (χ0n) is 23.6. The molecule has 0 unspecified atom stereocenters. The molecule has 2 heterocycles. The third kappa shape index (κ3) is 6.45. The minimum atomic E-state index is -5.05. The molecule has 3 aliphatic rings. The van der Waals surface area contributed by atoms with E-state index in [4.69, 9.17) is 9.16 Å². The zero-order valence-corrected chi connectivity index (χ0v) is 24.6. The Morgan fingerprint density at radius 1 is 0.974 bits per heavy atom. The van der Waals surface area contributed by atoms with E-state index >= 15 is 0 Å². The lowest BCUT2D eigenvalue weighted by Crippen LogP contribution is -2.67. The number of nitrogens with zero attached hydrogens (tertiary/aromatic N) is 3. The lowest BCUT2D eigenvalue weighted by atomic mass is 10.0. The first-order chi connectivity index (χ1) is 17.1. The van der Waals surface area contributed by atoms with E-state index in [1.807, 2.05) is 33.9 Å². The topological polar surface area (TPSA) is 79.4 Å². The van der Waals surface area contributed by atoms with Crippen LogP contribution >= 0.6 is 0 Å². The van der Waals surface area contributed by atoms with Crippen LogP contribution in [0.25, 0.3) is 0 Å². The van der Waals surface area contributed by atoms with Gasteiger partial charge in [0, 0.05) is 19.5 Å². The van der Waals surface area contributed by atoms with Crippen LogP contribution in [0.3, 0.4) is 0 Å². The number of amides is 3. The maximum absolute atomic E-state index is 14.5. The van der Waals surface area contributed by atoms with E-state index < -0.39 is 61.8 Å². The molecule has 13 heteroatoms. The molecule has 0 N–H and O–H groups in total. The van der Waals surface area contributed by atoms with Gasteiger partial charge in [-0.25, -0.2) is 9.18 Å². The number of hydrogen-bond donors (Lipinski definition) is 0. The lowest BCUT2D eigenvalue weighted by molar-refractivity contribution is -0.194. The summed E-state index contributed by atoms with van der Waals surface area (Å²) in [6, 6.07) is -2.04. The summed E-state index contributed by atoms with van der Waals surface area (Å²) in [5.41, 5.74) is -1.99. The highest BCUT2D eigenvalue weighted by Crippen LogP contribution is 2.47. The van der Waals surface area contributed by atoms with E-state index in [9.17, 15) is 31.9 Å². The highest BCUT2D eigenvalue weighted by Gasteiger charge is 2.61. The van der Waals surface area contributed by atoms with Crippen molar-refractivity contribution in [1.82, 2.24) is 14.7 Å². The number of piperazine rings is 1. The van der Waals surface area contributed by atoms with Crippen molar-refractivity contribution >= 4 is 26.2 Å². The van der Waals surface area contributed by atoms with E-state index in [0.29, 0.717) is 12.8 Å². The molecule has 1 saturated carbocycles. The van der Waals surface area contributed by atoms with Gasteiger partial charge in [0.2, 0.25) is 5.91 Å². The molecular weight excluding hydrogens is 526 g/mol. The van der Waals surface area contributed by atoms with E-state index in [1.54, 1.807) is 20.8 Å². The molecule has 0 aromatic heterocycles. The summed E-state index contributed by atoms with van der Waals surface area (Å²) in [4.78, 5) is 42.4. The first kappa shape index (κ1) is 30.6. The largest absolute Gasteiger partial charge is 0.471 e. The summed E-state index contributed by atoms with van der Waals surface area (Å²) < 4.78 is 66.7. The van der Waals surface area contributed by atoms with Crippen molar-refractivity contribution in [3.8, 4) is 0 Å². The normalized spacial score (nSPS) is 26.1. The summed E-state index contributed by atoms with van der Waals surface area (Å²) in [5.74, 6) is -2.50. The van der Waals surface area contributed by atoms with Crippen LogP contribution in [-0.4, -0.2) is 103 Å². The molecule has 8 nitrogen and oxygen atoms in total. The van der Waals surface area contributed by atoms with Gasteiger partial charge in [-0.1, -0.05) is 20.8 Å². The van der Waals surface area contributed by atoms with Crippen LogP contribution in [0.1, 0.15) is 60.8 Å². The van der Waals surface area contributed by atoms with Crippen molar-refractivity contribution in [2.45, 2.75) is 115 Å². The molecule has 3 fully saturated rings. The standard InChI is InChI=1S/C25H41F4N3O5Si/c1-22(2,3)37-21(35)30-12-16(26)11-18(30)19(33)31-15-24(9-10-24)32(20(34)25(27,28)29)13-17(31)14-36-38(7,8)23(4,5)6/h16-18H,9-15H2,1-8H3/t16-,17+,18+/m1/s1. The van der Waals surface area contributed by atoms with Gasteiger partial charge in [-0.2, -0.15) is 13.2 Å². The van der Waals surface area contributed by atoms with Crippen molar-refractivity contribution in [3.63, 3.8) is 0 Å². The van der Waals surface area contributed by atoms with Crippen molar-refractivity contribution < 1.29 is 41.1 Å². The van der Waals surface area contributed by atoms with Crippen LogP contribution in [0.15, 0.2) is 0 Å². The van der Waals surface area contributed by atoms with Gasteiger partial charge in [0.15, 0.2) is 8.32 Å². The molecule has 0 aromatic carbocycles. The molecule has 0 radical (unpaired) electrons. The van der Waals surface area contributed by atoms with E-state index in [1.165, 1.54) is 4.90 Å². The Labute approximate surface area is 223 Å². The number of rotatable bonds is 4. The van der Waals surface area contributed by atoms with Crippen molar-refractivity contribution in [2.24, 2.45) is 0 Å². The van der Waals surface area contributed by atoms with Crippen LogP contribution in [0.5, 0.6) is 0 Å². The average molecular weight is 568 g/mol. The van der Waals surface area contributed by atoms with E-state index in [0.717, 1.165) is 9.80 Å². The number of hydrogen-bond acceptors (Lipinski definition) is 5. The summed E-state index contributed by atoms with van der Waals surface area (Å²) in [6.07, 6.45) is -6.91. The Morgan fingerprint density at radius 2 is 1.55 bits per heavy atom. The zero-order chi connectivity index (χ0) is 29.1. The highest BCUT2D eigenvalue weighted by atomic mass is 28.4. The highest BCUT2D eigenvalue weighted by molar-refractivity contribution is 6.74. The third-order valence-electron chi connectivity index (χ3n) is 8.08. The minimum absolute atomic E-state index is 0.0713. The maximum atomic E-state index is 14.5. The van der Waals surface area contributed by atoms with Gasteiger partial charge >= 0.3 is 18.2 Å². The number of carbonyl (C=O) groups is 3. The number of halogens is 4. The second-order valence-corrected chi connectivity index (χ2v) is 18.1. The van der Waals surface area contributed by atoms with Gasteiger partial charge in [-0.05, 0) is 51.7 Å². The van der Waals surface area contributed by atoms with Gasteiger partial charge in [0.1, 0.15) is 17.8 Å². The van der Waals surface area contributed by atoms with Crippen LogP contribution in [0, 0.1) is 0 Å². The predicted molar refractivity (Wildman–Crippen MR) is 135 cm³/mol. The van der Waals surface area contributed by atoms with Gasteiger partial charge in [0.05, 0.1) is 24.7 Å². The molecule has 0 bridgehead atoms. The molecule has 2 saturated heterocycles. The van der Waals surface area contributed by atoms with Crippen LogP contribution in [0.2, 0.25) is 18.1 Å². The molecule has 1 aliphatic carbocycles. The Hall–Kier alpha value is -1.89. The summed E-state index contributed by atoms with van der Waals surface area (Å²) in [6.45, 7) is 14.1. The SMILES string of the molecule is CC(C)(C)OC(=O)N1C[C@H](F)C[C@H]1C(=O)N1CC2(CC2)N(C(=O)C(F)(F)F)C[C@H]1CO[Si](C)(C)C(C)(C)C. The Balaban J connectivity index is 1.91. The predicted octanol–water partition coefficient (Wildman–Crippen LogP) is 4.49. The molecule has 3 atom stereocenters. The lowest BCUT2D eigenvalue weighted by Gasteiger charge is -2.49. The molecule has 1 spiro atoms. The Morgan fingerprint density at radius 3 is 2.03 bits per heavy atom. The molecular formula is C25H41F4N3O5Si. The molecule has 0 aromatic rings.